The number of hydrogen-bond donors (Lipinski definition) is 1. The van der Waals surface area contributed by atoms with E-state index in [0.717, 1.165) is 27.8 Å². The van der Waals surface area contributed by atoms with E-state index in [-0.39, 0.29) is 5.91 Å². The Morgan fingerprint density at radius 2 is 1.62 bits per heavy atom. The molecule has 0 aliphatic rings. The summed E-state index contributed by atoms with van der Waals surface area (Å²) in [5.74, 6) is 1.32. The van der Waals surface area contributed by atoms with Crippen molar-refractivity contribution in [1.82, 2.24) is 0 Å². The topological polar surface area (TPSA) is 38.3 Å². The number of hydrogen-bond acceptors (Lipinski definition) is 2. The van der Waals surface area contributed by atoms with Crippen molar-refractivity contribution in [2.24, 2.45) is 11.3 Å². The van der Waals surface area contributed by atoms with Crippen LogP contribution in [0.3, 0.4) is 0 Å². The quantitative estimate of drug-likeness (QED) is 0.508. The molecule has 3 aromatic rings. The maximum absolute atomic E-state index is 13.1. The highest BCUT2D eigenvalue weighted by atomic mass is 16.5. The van der Waals surface area contributed by atoms with E-state index in [0.29, 0.717) is 18.9 Å². The van der Waals surface area contributed by atoms with Crippen molar-refractivity contribution in [2.45, 2.75) is 41.0 Å². The first-order chi connectivity index (χ1) is 13.8. The molecule has 3 rings (SSSR count). The summed E-state index contributed by atoms with van der Waals surface area (Å²) in [6, 6.07) is 20.3. The van der Waals surface area contributed by atoms with Crippen LogP contribution < -0.4 is 10.1 Å². The molecule has 1 N–H and O–H groups in total. The first-order valence-electron chi connectivity index (χ1n) is 10.3. The Kier molecular flexibility index (Phi) is 6.26. The maximum atomic E-state index is 13.1. The summed E-state index contributed by atoms with van der Waals surface area (Å²) in [6.45, 7) is 11.0. The number of aryl methyl sites for hydroxylation is 1. The summed E-state index contributed by atoms with van der Waals surface area (Å²) in [5, 5.41) is 5.16. The van der Waals surface area contributed by atoms with Gasteiger partial charge in [-0.1, -0.05) is 81.8 Å². The van der Waals surface area contributed by atoms with Crippen LogP contribution in [-0.4, -0.2) is 12.5 Å². The number of benzene rings is 3. The largest absolute Gasteiger partial charge is 0.493 e. The van der Waals surface area contributed by atoms with Gasteiger partial charge in [0.15, 0.2) is 0 Å². The Bertz CT molecular complexity index is 987. The molecule has 0 aliphatic heterocycles. The molecular formula is C26H31NO2. The minimum Gasteiger partial charge on any atom is -0.493 e. The van der Waals surface area contributed by atoms with E-state index in [9.17, 15) is 4.79 Å². The fourth-order valence-corrected chi connectivity index (χ4v) is 3.35. The molecule has 0 radical (unpaired) electrons. The smallest absolute Gasteiger partial charge is 0.230 e. The number of anilines is 1. The summed E-state index contributed by atoms with van der Waals surface area (Å²) in [5.41, 5.74) is 2.68. The van der Waals surface area contributed by atoms with E-state index in [2.05, 4.69) is 50.4 Å². The fourth-order valence-electron chi connectivity index (χ4n) is 3.35. The second-order valence-corrected chi connectivity index (χ2v) is 8.86. The van der Waals surface area contributed by atoms with Gasteiger partial charge in [0.1, 0.15) is 5.75 Å². The minimum atomic E-state index is -0.525. The Balaban J connectivity index is 1.82. The summed E-state index contributed by atoms with van der Waals surface area (Å²) >= 11 is 0. The zero-order chi connectivity index (χ0) is 21.0. The molecule has 0 heterocycles. The molecule has 0 aromatic heterocycles. The number of carbonyl (C=O) groups excluding carboxylic acids is 1. The van der Waals surface area contributed by atoms with Gasteiger partial charge in [-0.15, -0.1) is 0 Å². The number of ether oxygens (including phenoxy) is 1. The third kappa shape index (κ3) is 5.17. The van der Waals surface area contributed by atoms with Crippen LogP contribution in [0.4, 0.5) is 5.69 Å². The summed E-state index contributed by atoms with van der Waals surface area (Å²) in [4.78, 5) is 13.1. The van der Waals surface area contributed by atoms with Gasteiger partial charge in [-0.2, -0.15) is 0 Å². The highest BCUT2D eigenvalue weighted by Gasteiger charge is 2.28. The molecule has 0 aliphatic carbocycles. The molecule has 3 aromatic carbocycles. The molecule has 0 atom stereocenters. The van der Waals surface area contributed by atoms with Crippen molar-refractivity contribution < 1.29 is 9.53 Å². The van der Waals surface area contributed by atoms with Crippen molar-refractivity contribution in [3.63, 3.8) is 0 Å². The monoisotopic (exact) mass is 389 g/mol. The minimum absolute atomic E-state index is 0.0130. The van der Waals surface area contributed by atoms with Crippen molar-refractivity contribution in [3.8, 4) is 5.75 Å². The van der Waals surface area contributed by atoms with Crippen LogP contribution in [0.25, 0.3) is 10.8 Å². The van der Waals surface area contributed by atoms with Crippen LogP contribution in [0, 0.1) is 18.3 Å². The molecule has 0 saturated heterocycles. The van der Waals surface area contributed by atoms with Crippen molar-refractivity contribution in [2.75, 3.05) is 11.9 Å². The van der Waals surface area contributed by atoms with E-state index < -0.39 is 5.41 Å². The predicted octanol–water partition coefficient (Wildman–Crippen LogP) is 6.39. The molecule has 3 heteroatoms. The molecule has 0 unspecified atom stereocenters. The van der Waals surface area contributed by atoms with Gasteiger partial charge in [-0.05, 0) is 37.0 Å². The lowest BCUT2D eigenvalue weighted by atomic mass is 9.84. The van der Waals surface area contributed by atoms with Crippen molar-refractivity contribution in [3.05, 3.63) is 71.8 Å². The SMILES string of the molecule is Cc1ccc(CC(C)(C)C(=O)Nc2ccc(OCC(C)C)c3ccccc23)cc1. The molecule has 29 heavy (non-hydrogen) atoms. The third-order valence-corrected chi connectivity index (χ3v) is 5.09. The number of amides is 1. The summed E-state index contributed by atoms with van der Waals surface area (Å²) in [7, 11) is 0. The van der Waals surface area contributed by atoms with Crippen molar-refractivity contribution in [1.29, 1.82) is 0 Å². The van der Waals surface area contributed by atoms with Gasteiger partial charge in [0.25, 0.3) is 0 Å². The van der Waals surface area contributed by atoms with Crippen LogP contribution in [0.2, 0.25) is 0 Å². The van der Waals surface area contributed by atoms with E-state index in [1.165, 1.54) is 5.56 Å². The molecule has 1 amide bonds. The lowest BCUT2D eigenvalue weighted by Gasteiger charge is -2.24. The number of rotatable bonds is 7. The van der Waals surface area contributed by atoms with Gasteiger partial charge in [-0.25, -0.2) is 0 Å². The number of carbonyl (C=O) groups is 1. The predicted molar refractivity (Wildman–Crippen MR) is 122 cm³/mol. The first kappa shape index (κ1) is 20.9. The van der Waals surface area contributed by atoms with Crippen LogP contribution in [0.15, 0.2) is 60.7 Å². The number of nitrogens with one attached hydrogen (secondary N) is 1. The van der Waals surface area contributed by atoms with E-state index in [4.69, 9.17) is 4.74 Å². The van der Waals surface area contributed by atoms with Gasteiger partial charge >= 0.3 is 0 Å². The summed E-state index contributed by atoms with van der Waals surface area (Å²) in [6.07, 6.45) is 0.687. The highest BCUT2D eigenvalue weighted by molar-refractivity contribution is 6.05. The fraction of sp³-hybridized carbons (Fsp3) is 0.346. The van der Waals surface area contributed by atoms with Crippen LogP contribution in [0.5, 0.6) is 5.75 Å². The first-order valence-corrected chi connectivity index (χ1v) is 10.3. The average molecular weight is 390 g/mol. The molecule has 3 nitrogen and oxygen atoms in total. The van der Waals surface area contributed by atoms with Crippen LogP contribution >= 0.6 is 0 Å². The van der Waals surface area contributed by atoms with Crippen molar-refractivity contribution >= 4 is 22.4 Å². The zero-order valence-electron chi connectivity index (χ0n) is 18.1. The Morgan fingerprint density at radius 3 is 2.28 bits per heavy atom. The normalized spacial score (nSPS) is 11.7. The highest BCUT2D eigenvalue weighted by Crippen LogP contribution is 2.33. The van der Waals surface area contributed by atoms with Gasteiger partial charge < -0.3 is 10.1 Å². The molecule has 0 spiro atoms. The number of fused-ring (bicyclic) bond motifs is 1. The van der Waals surface area contributed by atoms with Gasteiger partial charge in [-0.3, -0.25) is 4.79 Å². The second-order valence-electron chi connectivity index (χ2n) is 8.86. The van der Waals surface area contributed by atoms with Crippen LogP contribution in [0.1, 0.15) is 38.8 Å². The van der Waals surface area contributed by atoms with Gasteiger partial charge in [0, 0.05) is 21.9 Å². The molecule has 0 saturated carbocycles. The van der Waals surface area contributed by atoms with E-state index >= 15 is 0 Å². The molecule has 152 valence electrons. The van der Waals surface area contributed by atoms with Gasteiger partial charge in [0.05, 0.1) is 6.61 Å². The summed E-state index contributed by atoms with van der Waals surface area (Å²) < 4.78 is 5.98. The lowest BCUT2D eigenvalue weighted by molar-refractivity contribution is -0.123. The Morgan fingerprint density at radius 1 is 0.966 bits per heavy atom. The molecular weight excluding hydrogens is 358 g/mol. The van der Waals surface area contributed by atoms with Crippen LogP contribution in [-0.2, 0) is 11.2 Å². The zero-order valence-corrected chi connectivity index (χ0v) is 18.1. The Labute approximate surface area is 174 Å². The van der Waals surface area contributed by atoms with E-state index in [1.54, 1.807) is 0 Å². The Hall–Kier alpha value is -2.81. The van der Waals surface area contributed by atoms with Gasteiger partial charge in [0.2, 0.25) is 5.91 Å². The molecule has 0 fully saturated rings. The molecule has 0 bridgehead atoms. The second kappa shape index (κ2) is 8.69. The third-order valence-electron chi connectivity index (χ3n) is 5.09. The standard InChI is InChI=1S/C26H31NO2/c1-18(2)17-29-24-15-14-23(21-8-6-7-9-22(21)24)27-25(28)26(4,5)16-20-12-10-19(3)11-13-20/h6-15,18H,16-17H2,1-5H3,(H,27,28). The van der Waals surface area contributed by atoms with E-state index in [1.807, 2.05) is 50.2 Å². The average Bonchev–Trinajstić information content (AvgIpc) is 2.68. The maximum Gasteiger partial charge on any atom is 0.230 e. The lowest BCUT2D eigenvalue weighted by Crippen LogP contribution is -2.32.